The summed E-state index contributed by atoms with van der Waals surface area (Å²) in [6, 6.07) is -0.871. The van der Waals surface area contributed by atoms with Crippen LogP contribution in [0.25, 0.3) is 0 Å². The van der Waals surface area contributed by atoms with E-state index in [1.807, 2.05) is 0 Å². The van der Waals surface area contributed by atoms with Crippen LogP contribution >= 0.6 is 11.3 Å². The van der Waals surface area contributed by atoms with Crippen LogP contribution in [0.4, 0.5) is 18.3 Å². The Bertz CT molecular complexity index is 460. The normalized spacial score (nSPS) is 24.2. The second-order valence-corrected chi connectivity index (χ2v) is 5.47. The van der Waals surface area contributed by atoms with Gasteiger partial charge in [-0.25, -0.2) is 4.98 Å². The molecule has 2 atom stereocenters. The molecule has 0 saturated heterocycles. The van der Waals surface area contributed by atoms with Crippen LogP contribution < -0.4 is 11.1 Å². The molecule has 2 rings (SSSR count). The second kappa shape index (κ2) is 5.36. The number of nitrogen functional groups attached to an aromatic ring is 1. The van der Waals surface area contributed by atoms with Crippen molar-refractivity contribution in [2.24, 2.45) is 5.92 Å². The Kier molecular flexibility index (Phi) is 3.98. The molecule has 3 N–H and O–H groups in total. The maximum absolute atomic E-state index is 12.9. The van der Waals surface area contributed by atoms with Crippen molar-refractivity contribution in [3.05, 3.63) is 11.1 Å². The van der Waals surface area contributed by atoms with Crippen LogP contribution in [0.1, 0.15) is 36.2 Å². The fourth-order valence-electron chi connectivity index (χ4n) is 2.33. The molecule has 1 heterocycles. The largest absolute Gasteiger partial charge is 0.393 e. The number of hydrogen-bond donors (Lipinski definition) is 2. The number of amides is 1. The lowest BCUT2D eigenvalue weighted by atomic mass is 9.84. The SMILES string of the molecule is Nc1nc(C(=O)NC2CCCCC2C(F)(F)F)cs1. The number of thiazole rings is 1. The molecule has 19 heavy (non-hydrogen) atoms. The predicted octanol–water partition coefficient (Wildman–Crippen LogP) is 2.58. The zero-order valence-electron chi connectivity index (χ0n) is 10.0. The Morgan fingerprint density at radius 1 is 1.42 bits per heavy atom. The molecule has 8 heteroatoms. The average molecular weight is 293 g/mol. The number of aromatic nitrogens is 1. The van der Waals surface area contributed by atoms with Gasteiger partial charge in [0.05, 0.1) is 5.92 Å². The lowest BCUT2D eigenvalue weighted by molar-refractivity contribution is -0.187. The molecular formula is C11H14F3N3OS. The smallest absolute Gasteiger partial charge is 0.375 e. The van der Waals surface area contributed by atoms with Crippen molar-refractivity contribution in [2.45, 2.75) is 37.9 Å². The van der Waals surface area contributed by atoms with Gasteiger partial charge in [-0.3, -0.25) is 4.79 Å². The lowest BCUT2D eigenvalue weighted by Crippen LogP contribution is -2.47. The van der Waals surface area contributed by atoms with Crippen molar-refractivity contribution in [1.82, 2.24) is 10.3 Å². The molecule has 1 aromatic rings. The summed E-state index contributed by atoms with van der Waals surface area (Å²) in [5.74, 6) is -2.06. The monoisotopic (exact) mass is 293 g/mol. The molecule has 0 spiro atoms. The van der Waals surface area contributed by atoms with Crippen LogP contribution in [0, 0.1) is 5.92 Å². The number of nitrogens with two attached hydrogens (primary N) is 1. The minimum absolute atomic E-state index is 0.0631. The topological polar surface area (TPSA) is 68.0 Å². The number of anilines is 1. The van der Waals surface area contributed by atoms with Crippen LogP contribution in [0.3, 0.4) is 0 Å². The van der Waals surface area contributed by atoms with Crippen molar-refractivity contribution < 1.29 is 18.0 Å². The third-order valence-electron chi connectivity index (χ3n) is 3.26. The van der Waals surface area contributed by atoms with Crippen LogP contribution in [0.5, 0.6) is 0 Å². The van der Waals surface area contributed by atoms with Crippen molar-refractivity contribution in [3.8, 4) is 0 Å². The number of carbonyl (C=O) groups is 1. The number of alkyl halides is 3. The fourth-order valence-corrected chi connectivity index (χ4v) is 2.87. The number of rotatable bonds is 2. The van der Waals surface area contributed by atoms with Crippen molar-refractivity contribution in [1.29, 1.82) is 0 Å². The number of nitrogens with zero attached hydrogens (tertiary/aromatic N) is 1. The van der Waals surface area contributed by atoms with Crippen molar-refractivity contribution in [3.63, 3.8) is 0 Å². The van der Waals surface area contributed by atoms with Crippen LogP contribution in [-0.2, 0) is 0 Å². The molecule has 0 bridgehead atoms. The average Bonchev–Trinajstić information content (AvgIpc) is 2.75. The van der Waals surface area contributed by atoms with Gasteiger partial charge in [0.1, 0.15) is 5.69 Å². The van der Waals surface area contributed by atoms with E-state index in [2.05, 4.69) is 10.3 Å². The maximum atomic E-state index is 12.9. The van der Waals surface area contributed by atoms with E-state index >= 15 is 0 Å². The van der Waals surface area contributed by atoms with Gasteiger partial charge in [0, 0.05) is 11.4 Å². The van der Waals surface area contributed by atoms with E-state index in [4.69, 9.17) is 5.73 Å². The van der Waals surface area contributed by atoms with Crippen LogP contribution in [0.15, 0.2) is 5.38 Å². The highest BCUT2D eigenvalue weighted by atomic mass is 32.1. The van der Waals surface area contributed by atoms with E-state index in [1.54, 1.807) is 0 Å². The molecule has 0 radical (unpaired) electrons. The van der Waals surface area contributed by atoms with Gasteiger partial charge in [-0.1, -0.05) is 12.8 Å². The molecule has 1 aromatic heterocycles. The molecule has 0 aliphatic heterocycles. The van der Waals surface area contributed by atoms with Gasteiger partial charge < -0.3 is 11.1 Å². The molecule has 4 nitrogen and oxygen atoms in total. The first kappa shape index (κ1) is 14.1. The van der Waals surface area contributed by atoms with Crippen LogP contribution in [0.2, 0.25) is 0 Å². The van der Waals surface area contributed by atoms with E-state index in [0.717, 1.165) is 11.3 Å². The highest BCUT2D eigenvalue weighted by Gasteiger charge is 2.46. The van der Waals surface area contributed by atoms with E-state index < -0.39 is 24.0 Å². The Morgan fingerprint density at radius 3 is 2.68 bits per heavy atom. The quantitative estimate of drug-likeness (QED) is 0.880. The second-order valence-electron chi connectivity index (χ2n) is 4.58. The molecule has 1 amide bonds. The van der Waals surface area contributed by atoms with E-state index in [0.29, 0.717) is 19.3 Å². The summed E-state index contributed by atoms with van der Waals surface area (Å²) in [4.78, 5) is 15.6. The molecule has 1 aliphatic carbocycles. The standard InChI is InChI=1S/C11H14F3N3OS/c12-11(13,14)6-3-1-2-4-7(6)16-9(18)8-5-19-10(15)17-8/h5-7H,1-4H2,(H2,15,17)(H,16,18). The fraction of sp³-hybridized carbons (Fsp3) is 0.636. The maximum Gasteiger partial charge on any atom is 0.393 e. The van der Waals surface area contributed by atoms with Gasteiger partial charge in [0.2, 0.25) is 0 Å². The van der Waals surface area contributed by atoms with Crippen molar-refractivity contribution in [2.75, 3.05) is 5.73 Å². The summed E-state index contributed by atoms with van der Waals surface area (Å²) in [7, 11) is 0. The Labute approximate surface area is 112 Å². The summed E-state index contributed by atoms with van der Waals surface area (Å²) in [5, 5.41) is 4.10. The molecule has 0 aromatic carbocycles. The zero-order valence-corrected chi connectivity index (χ0v) is 10.9. The Hall–Kier alpha value is -1.31. The summed E-state index contributed by atoms with van der Waals surface area (Å²) >= 11 is 1.08. The molecule has 106 valence electrons. The molecule has 1 aliphatic rings. The highest BCUT2D eigenvalue weighted by Crippen LogP contribution is 2.37. The van der Waals surface area contributed by atoms with E-state index in [-0.39, 0.29) is 17.2 Å². The number of nitrogens with one attached hydrogen (secondary N) is 1. The third-order valence-corrected chi connectivity index (χ3v) is 3.93. The molecule has 2 unspecified atom stereocenters. The van der Waals surface area contributed by atoms with Gasteiger partial charge in [0.15, 0.2) is 5.13 Å². The van der Waals surface area contributed by atoms with Crippen molar-refractivity contribution >= 4 is 22.4 Å². The van der Waals surface area contributed by atoms with Gasteiger partial charge in [-0.2, -0.15) is 13.2 Å². The van der Waals surface area contributed by atoms with E-state index in [9.17, 15) is 18.0 Å². The summed E-state index contributed by atoms with van der Waals surface area (Å²) in [6.45, 7) is 0. The summed E-state index contributed by atoms with van der Waals surface area (Å²) < 4.78 is 38.6. The van der Waals surface area contributed by atoms with Gasteiger partial charge >= 0.3 is 6.18 Å². The van der Waals surface area contributed by atoms with Crippen LogP contribution in [-0.4, -0.2) is 23.1 Å². The summed E-state index contributed by atoms with van der Waals surface area (Å²) in [5.41, 5.74) is 5.47. The summed E-state index contributed by atoms with van der Waals surface area (Å²) in [6.07, 6.45) is -2.64. The number of carbonyl (C=O) groups excluding carboxylic acids is 1. The Morgan fingerprint density at radius 2 is 2.11 bits per heavy atom. The highest BCUT2D eigenvalue weighted by molar-refractivity contribution is 7.13. The van der Waals surface area contributed by atoms with Gasteiger partial charge in [-0.15, -0.1) is 11.3 Å². The van der Waals surface area contributed by atoms with Gasteiger partial charge in [-0.05, 0) is 12.8 Å². The number of hydrogen-bond acceptors (Lipinski definition) is 4. The lowest BCUT2D eigenvalue weighted by Gasteiger charge is -2.33. The first-order chi connectivity index (χ1) is 8.88. The molecular weight excluding hydrogens is 279 g/mol. The first-order valence-electron chi connectivity index (χ1n) is 5.96. The number of halogens is 3. The first-order valence-corrected chi connectivity index (χ1v) is 6.84. The molecule has 1 fully saturated rings. The van der Waals surface area contributed by atoms with E-state index in [1.165, 1.54) is 5.38 Å². The minimum atomic E-state index is -4.28. The third kappa shape index (κ3) is 3.37. The zero-order chi connectivity index (χ0) is 14.0. The van der Waals surface area contributed by atoms with Gasteiger partial charge in [0.25, 0.3) is 5.91 Å². The predicted molar refractivity (Wildman–Crippen MR) is 65.8 cm³/mol. The minimum Gasteiger partial charge on any atom is -0.375 e. The Balaban J connectivity index is 2.05. The molecule has 1 saturated carbocycles.